The summed E-state index contributed by atoms with van der Waals surface area (Å²) in [6.07, 6.45) is 1.29. The highest BCUT2D eigenvalue weighted by atomic mass is 16.3. The third-order valence-corrected chi connectivity index (χ3v) is 18.3. The summed E-state index contributed by atoms with van der Waals surface area (Å²) in [5.74, 6) is -10.1. The minimum absolute atomic E-state index is 0.0416. The molecule has 0 bridgehead atoms. The average molecular weight is 1340 g/mol. The van der Waals surface area contributed by atoms with Gasteiger partial charge in [0.1, 0.15) is 66.5 Å². The number of benzene rings is 2. The molecule has 2 fully saturated rings. The van der Waals surface area contributed by atoms with Gasteiger partial charge in [-0.05, 0) is 101 Å². The summed E-state index contributed by atoms with van der Waals surface area (Å²) in [6.45, 7) is 23.1. The number of hydrogen-bond acceptors (Lipinski definition) is 13. The first kappa shape index (κ1) is 80.2. The molecular formula is C71H110N12O13. The Morgan fingerprint density at radius 1 is 0.479 bits per heavy atom. The standard InChI is InChI=1S/C71H110N12O13/c1-19-29-51-67(92)81(17)56(40-50-32-25-21-26-33-50)62(87)73-52(39-49-30-23-20-24-31-49)68(93)82(18)57(38-44(6)7)70(95)77(13)46(10)65(90)80(16)55(37-43(4)5)63(88)76-60(48(12)84)64(89)74-53(69(94)83-34-27-22-28-35-83)41-58(85)75-59(45(8)9)71(96)78(14)47(11)66(91)79(15)54(36-42(2)3)61(86)72-51/h19-21,23-26,30-33,42-48,51-57,59-60,84H,1,22,27-29,34-41H2,2-18H3,(H,72,86)(H,73,87)(H,74,89)(H,75,85)(H,76,88)/t46-,47-,48+,51-,52-,53-,54-,55-,56-,57-,59+,60-/m0/s1. The molecule has 0 aliphatic carbocycles. The Bertz CT molecular complexity index is 3010. The molecule has 0 spiro atoms. The number of carbonyl (C=O) groups is 12. The molecule has 96 heavy (non-hydrogen) atoms. The highest BCUT2D eigenvalue weighted by molar-refractivity contribution is 6.00. The van der Waals surface area contributed by atoms with Crippen LogP contribution in [0.3, 0.4) is 0 Å². The minimum Gasteiger partial charge on any atom is -0.391 e. The highest BCUT2D eigenvalue weighted by Gasteiger charge is 2.44. The number of likely N-dealkylation sites (tertiary alicyclic amines) is 1. The van der Waals surface area contributed by atoms with E-state index >= 15 is 19.2 Å². The second kappa shape index (κ2) is 37.3. The van der Waals surface area contributed by atoms with Gasteiger partial charge in [-0.1, -0.05) is 122 Å². The minimum atomic E-state index is -1.74. The summed E-state index contributed by atoms with van der Waals surface area (Å²) in [5.41, 5.74) is 1.30. The summed E-state index contributed by atoms with van der Waals surface area (Å²) < 4.78 is 0. The average Bonchev–Trinajstić information content (AvgIpc) is 0.849. The largest absolute Gasteiger partial charge is 0.391 e. The van der Waals surface area contributed by atoms with Crippen molar-refractivity contribution in [3.63, 3.8) is 0 Å². The molecule has 2 aromatic carbocycles. The highest BCUT2D eigenvalue weighted by Crippen LogP contribution is 2.23. The normalized spacial score (nSPS) is 26.2. The molecule has 2 aromatic rings. The maximum atomic E-state index is 15.4. The molecule has 4 rings (SSSR count). The number of rotatable bonds is 15. The van der Waals surface area contributed by atoms with Crippen molar-refractivity contribution in [1.82, 2.24) is 60.9 Å². The fourth-order valence-corrected chi connectivity index (χ4v) is 12.1. The van der Waals surface area contributed by atoms with Crippen LogP contribution in [0.15, 0.2) is 73.3 Å². The van der Waals surface area contributed by atoms with Crippen LogP contribution in [0.4, 0.5) is 0 Å². The smallest absolute Gasteiger partial charge is 0.245 e. The second-order valence-electron chi connectivity index (χ2n) is 27.7. The Hall–Kier alpha value is -8.22. The van der Waals surface area contributed by atoms with Crippen molar-refractivity contribution in [1.29, 1.82) is 0 Å². The van der Waals surface area contributed by atoms with Crippen molar-refractivity contribution in [2.75, 3.05) is 55.4 Å². The molecule has 12 amide bonds. The van der Waals surface area contributed by atoms with Gasteiger partial charge in [-0.25, -0.2) is 0 Å². The lowest BCUT2D eigenvalue weighted by Gasteiger charge is -2.38. The van der Waals surface area contributed by atoms with Crippen LogP contribution in [0, 0.1) is 23.7 Å². The molecule has 2 heterocycles. The number of nitrogens with one attached hydrogen (secondary N) is 5. The van der Waals surface area contributed by atoms with Crippen molar-refractivity contribution >= 4 is 70.9 Å². The van der Waals surface area contributed by atoms with E-state index in [1.807, 2.05) is 41.5 Å². The van der Waals surface area contributed by atoms with Crippen molar-refractivity contribution in [3.8, 4) is 0 Å². The van der Waals surface area contributed by atoms with Crippen LogP contribution in [-0.2, 0) is 70.4 Å². The quantitative estimate of drug-likeness (QED) is 0.140. The van der Waals surface area contributed by atoms with Crippen LogP contribution >= 0.6 is 0 Å². The zero-order valence-electron chi connectivity index (χ0n) is 59.8. The van der Waals surface area contributed by atoms with Crippen molar-refractivity contribution in [2.45, 2.75) is 213 Å². The first-order chi connectivity index (χ1) is 45.0. The first-order valence-corrected chi connectivity index (χ1v) is 33.8. The van der Waals surface area contributed by atoms with E-state index in [9.17, 15) is 43.5 Å². The number of hydrogen-bond donors (Lipinski definition) is 6. The number of piperidine rings is 1. The van der Waals surface area contributed by atoms with Gasteiger partial charge in [-0.15, -0.1) is 6.58 Å². The maximum absolute atomic E-state index is 15.4. The van der Waals surface area contributed by atoms with Crippen LogP contribution < -0.4 is 26.6 Å². The molecule has 6 N–H and O–H groups in total. The van der Waals surface area contributed by atoms with Gasteiger partial charge in [0, 0.05) is 68.2 Å². The molecule has 12 atom stereocenters. The lowest BCUT2D eigenvalue weighted by atomic mass is 9.97. The Kier molecular flexibility index (Phi) is 31.2. The van der Waals surface area contributed by atoms with Crippen LogP contribution in [0.5, 0.6) is 0 Å². The van der Waals surface area contributed by atoms with Gasteiger partial charge in [0.2, 0.25) is 70.9 Å². The Morgan fingerprint density at radius 2 is 0.896 bits per heavy atom. The number of nitrogens with zero attached hydrogens (tertiary/aromatic N) is 7. The second-order valence-corrected chi connectivity index (χ2v) is 27.7. The van der Waals surface area contributed by atoms with Crippen molar-refractivity contribution in [3.05, 3.63) is 84.4 Å². The van der Waals surface area contributed by atoms with Gasteiger partial charge in [0.15, 0.2) is 0 Å². The van der Waals surface area contributed by atoms with E-state index in [1.54, 1.807) is 74.5 Å². The maximum Gasteiger partial charge on any atom is 0.245 e. The molecule has 25 heteroatoms. The third kappa shape index (κ3) is 22.2. The molecular weight excluding hydrogens is 1230 g/mol. The summed E-state index contributed by atoms with van der Waals surface area (Å²) in [4.78, 5) is 186. The van der Waals surface area contributed by atoms with E-state index < -0.39 is 156 Å². The molecule has 0 saturated carbocycles. The zero-order chi connectivity index (χ0) is 72.2. The summed E-state index contributed by atoms with van der Waals surface area (Å²) in [5, 5.41) is 25.0. The predicted molar refractivity (Wildman–Crippen MR) is 365 cm³/mol. The van der Waals surface area contributed by atoms with Crippen LogP contribution in [0.2, 0.25) is 0 Å². The summed E-state index contributed by atoms with van der Waals surface area (Å²) >= 11 is 0. The van der Waals surface area contributed by atoms with Crippen LogP contribution in [-0.4, -0.2) is 238 Å². The molecule has 2 aliphatic rings. The molecule has 0 radical (unpaired) electrons. The van der Waals surface area contributed by atoms with Gasteiger partial charge in [0.25, 0.3) is 0 Å². The lowest BCUT2D eigenvalue weighted by Crippen LogP contribution is -2.62. The molecule has 532 valence electrons. The van der Waals surface area contributed by atoms with E-state index in [2.05, 4.69) is 33.2 Å². The van der Waals surface area contributed by atoms with Crippen molar-refractivity contribution < 1.29 is 62.6 Å². The van der Waals surface area contributed by atoms with Crippen LogP contribution in [0.1, 0.15) is 139 Å². The first-order valence-electron chi connectivity index (χ1n) is 33.8. The van der Waals surface area contributed by atoms with Gasteiger partial charge in [-0.3, -0.25) is 57.5 Å². The number of amides is 12. The summed E-state index contributed by atoms with van der Waals surface area (Å²) in [6, 6.07) is 2.91. The van der Waals surface area contributed by atoms with Crippen molar-refractivity contribution in [2.24, 2.45) is 23.7 Å². The Balaban J connectivity index is 1.94. The van der Waals surface area contributed by atoms with Gasteiger partial charge in [0.05, 0.1) is 12.5 Å². The summed E-state index contributed by atoms with van der Waals surface area (Å²) in [7, 11) is 8.41. The van der Waals surface area contributed by atoms with E-state index in [0.717, 1.165) is 16.2 Å². The fourth-order valence-electron chi connectivity index (χ4n) is 12.1. The van der Waals surface area contributed by atoms with Gasteiger partial charge >= 0.3 is 0 Å². The lowest BCUT2D eigenvalue weighted by molar-refractivity contribution is -0.152. The third-order valence-electron chi connectivity index (χ3n) is 18.3. The van der Waals surface area contributed by atoms with E-state index in [-0.39, 0.29) is 56.3 Å². The molecule has 2 saturated heterocycles. The zero-order valence-corrected chi connectivity index (χ0v) is 59.8. The number of likely N-dealkylation sites (N-methyl/N-ethyl adjacent to an activating group) is 6. The fraction of sp³-hybridized carbons (Fsp3) is 0.634. The van der Waals surface area contributed by atoms with E-state index in [0.29, 0.717) is 37.1 Å². The predicted octanol–water partition coefficient (Wildman–Crippen LogP) is 3.06. The van der Waals surface area contributed by atoms with Gasteiger partial charge in [-0.2, -0.15) is 0 Å². The van der Waals surface area contributed by atoms with Crippen LogP contribution in [0.25, 0.3) is 0 Å². The monoisotopic (exact) mass is 1340 g/mol. The molecule has 25 nitrogen and oxygen atoms in total. The molecule has 0 aromatic heterocycles. The number of carbonyl (C=O) groups excluding carboxylic acids is 12. The number of aliphatic hydroxyl groups excluding tert-OH is 1. The van der Waals surface area contributed by atoms with E-state index in [1.165, 1.54) is 93.6 Å². The Labute approximate surface area is 568 Å². The number of aliphatic hydroxyl groups is 1. The van der Waals surface area contributed by atoms with E-state index in [4.69, 9.17) is 0 Å². The topological polar surface area (TPSA) is 308 Å². The SMILES string of the molecule is C=CC[C@@H]1NC(=O)[C@H](CC(C)C)N(C)C(=O)[C@H](C)N(C)C(=O)[C@@H](C(C)C)NC(=O)C[C@@H](C(=O)N2CCCCC2)NC(=O)[C@H]([C@@H](C)O)NC(=O)[C@H](CC(C)C)N(C)C(=O)[C@H](C)N(C)C(=O)[C@H](CC(C)C)N(C)C(=O)[C@H](Cc2ccccc2)NC(=O)[C@H](Cc2ccccc2)N(C)C1=O. The molecule has 0 unspecified atom stereocenters. The van der Waals surface area contributed by atoms with Gasteiger partial charge < -0.3 is 66.0 Å². The Morgan fingerprint density at radius 3 is 1.36 bits per heavy atom. The molecule has 2 aliphatic heterocycles.